The Labute approximate surface area is 168 Å². The van der Waals surface area contributed by atoms with E-state index in [9.17, 15) is 14.5 Å². The number of rotatable bonds is 6. The summed E-state index contributed by atoms with van der Waals surface area (Å²) >= 11 is 0. The summed E-state index contributed by atoms with van der Waals surface area (Å²) in [5, 5.41) is 11.2. The Morgan fingerprint density at radius 2 is 1.48 bits per heavy atom. The summed E-state index contributed by atoms with van der Waals surface area (Å²) in [5.74, 6) is -0.853. The molecule has 3 aromatic rings. The van der Waals surface area contributed by atoms with Crippen molar-refractivity contribution in [3.63, 3.8) is 0 Å². The molecule has 0 aliphatic heterocycles. The number of nitro benzene ring substituents is 1. The number of halogens is 1. The summed E-state index contributed by atoms with van der Waals surface area (Å²) in [6.07, 6.45) is 6.74. The van der Waals surface area contributed by atoms with E-state index in [2.05, 4.69) is 6.58 Å². The zero-order chi connectivity index (χ0) is 20.8. The van der Waals surface area contributed by atoms with Gasteiger partial charge in [0.05, 0.1) is 4.92 Å². The van der Waals surface area contributed by atoms with Gasteiger partial charge in [-0.05, 0) is 40.1 Å². The number of nitro groups is 1. The van der Waals surface area contributed by atoms with Gasteiger partial charge in [-0.2, -0.15) is 4.39 Å². The molecular formula is C24H19FN2O2. The third kappa shape index (κ3) is 4.14. The molecule has 29 heavy (non-hydrogen) atoms. The summed E-state index contributed by atoms with van der Waals surface area (Å²) in [7, 11) is 0. The first-order valence-corrected chi connectivity index (χ1v) is 8.90. The molecule has 0 unspecified atom stereocenters. The standard InChI is InChI=1S/C24H19FN2O2/c1-17(9-6-7-16-26)18-10-2-3-11-19(18)20-12-4-5-13-21(20)22-14-8-15-23(24(22)25)27(28)29/h2-16H,1,26H2/b9-6-,16-7-. The summed E-state index contributed by atoms with van der Waals surface area (Å²) in [4.78, 5) is 10.4. The molecule has 0 spiro atoms. The number of hydrogen-bond acceptors (Lipinski definition) is 3. The fourth-order valence-corrected chi connectivity index (χ4v) is 3.15. The molecule has 4 nitrogen and oxygen atoms in total. The first-order chi connectivity index (χ1) is 14.0. The third-order valence-electron chi connectivity index (χ3n) is 4.48. The van der Waals surface area contributed by atoms with Crippen LogP contribution >= 0.6 is 0 Å². The van der Waals surface area contributed by atoms with E-state index < -0.39 is 16.4 Å². The van der Waals surface area contributed by atoms with Crippen LogP contribution in [0.5, 0.6) is 0 Å². The Morgan fingerprint density at radius 1 is 0.897 bits per heavy atom. The number of nitrogens with zero attached hydrogens (tertiary/aromatic N) is 1. The molecule has 0 saturated carbocycles. The summed E-state index contributed by atoms with van der Waals surface area (Å²) < 4.78 is 14.9. The molecule has 0 radical (unpaired) electrons. The SMILES string of the molecule is C=C(/C=C\C=C/N)c1ccccc1-c1ccccc1-c1cccc([N+](=O)[O-])c1F. The largest absolute Gasteiger partial charge is 0.405 e. The van der Waals surface area contributed by atoms with Gasteiger partial charge in [0.15, 0.2) is 0 Å². The van der Waals surface area contributed by atoms with Gasteiger partial charge < -0.3 is 5.73 Å². The highest BCUT2D eigenvalue weighted by atomic mass is 19.1. The van der Waals surface area contributed by atoms with Gasteiger partial charge in [-0.15, -0.1) is 0 Å². The summed E-state index contributed by atoms with van der Waals surface area (Å²) in [6.45, 7) is 4.12. The zero-order valence-electron chi connectivity index (χ0n) is 15.6. The van der Waals surface area contributed by atoms with Crippen molar-refractivity contribution in [3.05, 3.63) is 119 Å². The number of benzene rings is 3. The van der Waals surface area contributed by atoms with Gasteiger partial charge in [0.1, 0.15) is 0 Å². The van der Waals surface area contributed by atoms with E-state index in [4.69, 9.17) is 5.73 Å². The molecule has 0 amide bonds. The Kier molecular flexibility index (Phi) is 6.00. The summed E-state index contributed by atoms with van der Waals surface area (Å²) in [5.41, 5.74) is 8.79. The minimum Gasteiger partial charge on any atom is -0.405 e. The quantitative estimate of drug-likeness (QED) is 0.316. The lowest BCUT2D eigenvalue weighted by molar-refractivity contribution is -0.387. The second-order valence-corrected chi connectivity index (χ2v) is 6.26. The number of allylic oxidation sites excluding steroid dienone is 4. The molecule has 5 heteroatoms. The van der Waals surface area contributed by atoms with Crippen LogP contribution in [0, 0.1) is 15.9 Å². The van der Waals surface area contributed by atoms with Crippen LogP contribution in [0.25, 0.3) is 27.8 Å². The van der Waals surface area contributed by atoms with Gasteiger partial charge in [0.2, 0.25) is 5.82 Å². The highest BCUT2D eigenvalue weighted by molar-refractivity contribution is 5.91. The van der Waals surface area contributed by atoms with E-state index in [1.54, 1.807) is 30.4 Å². The highest BCUT2D eigenvalue weighted by Crippen LogP contribution is 2.38. The third-order valence-corrected chi connectivity index (χ3v) is 4.48. The van der Waals surface area contributed by atoms with E-state index in [0.29, 0.717) is 5.56 Å². The van der Waals surface area contributed by atoms with Gasteiger partial charge >= 0.3 is 5.69 Å². The Morgan fingerprint density at radius 3 is 2.14 bits per heavy atom. The van der Waals surface area contributed by atoms with E-state index >= 15 is 0 Å². The van der Waals surface area contributed by atoms with Crippen LogP contribution in [-0.2, 0) is 0 Å². The first-order valence-electron chi connectivity index (χ1n) is 8.90. The molecule has 0 aliphatic rings. The lowest BCUT2D eigenvalue weighted by atomic mass is 9.89. The average molecular weight is 386 g/mol. The number of nitrogens with two attached hydrogens (primary N) is 1. The number of hydrogen-bond donors (Lipinski definition) is 1. The van der Waals surface area contributed by atoms with E-state index in [0.717, 1.165) is 28.3 Å². The fraction of sp³-hybridized carbons (Fsp3) is 0. The lowest BCUT2D eigenvalue weighted by Gasteiger charge is -2.15. The second-order valence-electron chi connectivity index (χ2n) is 6.26. The average Bonchev–Trinajstić information content (AvgIpc) is 2.74. The first kappa shape index (κ1) is 19.8. The maximum Gasteiger partial charge on any atom is 0.305 e. The fourth-order valence-electron chi connectivity index (χ4n) is 3.15. The molecule has 3 aromatic carbocycles. The smallest absolute Gasteiger partial charge is 0.305 e. The minimum absolute atomic E-state index is 0.178. The van der Waals surface area contributed by atoms with Crippen molar-refractivity contribution in [2.75, 3.05) is 0 Å². The van der Waals surface area contributed by atoms with Crippen molar-refractivity contribution in [1.29, 1.82) is 0 Å². The molecule has 0 aliphatic carbocycles. The van der Waals surface area contributed by atoms with Crippen molar-refractivity contribution in [1.82, 2.24) is 0 Å². The van der Waals surface area contributed by atoms with Crippen molar-refractivity contribution < 1.29 is 9.31 Å². The molecule has 0 fully saturated rings. The van der Waals surface area contributed by atoms with Crippen molar-refractivity contribution in [2.45, 2.75) is 0 Å². The van der Waals surface area contributed by atoms with Gasteiger partial charge in [-0.25, -0.2) is 0 Å². The van der Waals surface area contributed by atoms with Crippen LogP contribution in [-0.4, -0.2) is 4.92 Å². The van der Waals surface area contributed by atoms with Gasteiger partial charge in [-0.3, -0.25) is 10.1 Å². The van der Waals surface area contributed by atoms with Crippen molar-refractivity contribution >= 4 is 11.3 Å². The molecule has 0 atom stereocenters. The Hall–Kier alpha value is -3.99. The highest BCUT2D eigenvalue weighted by Gasteiger charge is 2.20. The lowest BCUT2D eigenvalue weighted by Crippen LogP contribution is -1.96. The maximum atomic E-state index is 14.9. The van der Waals surface area contributed by atoms with Gasteiger partial charge in [-0.1, -0.05) is 79.4 Å². The van der Waals surface area contributed by atoms with E-state index in [1.807, 2.05) is 42.5 Å². The van der Waals surface area contributed by atoms with Crippen molar-refractivity contribution in [3.8, 4) is 22.3 Å². The molecule has 0 saturated heterocycles. The van der Waals surface area contributed by atoms with Crippen LogP contribution in [0.2, 0.25) is 0 Å². The summed E-state index contributed by atoms with van der Waals surface area (Å²) in [6, 6.07) is 19.1. The molecular weight excluding hydrogens is 367 g/mol. The molecule has 0 heterocycles. The predicted octanol–water partition coefficient (Wildman–Crippen LogP) is 6.11. The van der Waals surface area contributed by atoms with Crippen LogP contribution in [0.1, 0.15) is 5.56 Å². The topological polar surface area (TPSA) is 69.2 Å². The monoisotopic (exact) mass is 386 g/mol. The minimum atomic E-state index is -0.853. The van der Waals surface area contributed by atoms with Gasteiger partial charge in [0.25, 0.3) is 0 Å². The van der Waals surface area contributed by atoms with Crippen LogP contribution < -0.4 is 5.73 Å². The second kappa shape index (κ2) is 8.80. The van der Waals surface area contributed by atoms with Crippen LogP contribution in [0.15, 0.2) is 97.7 Å². The maximum absolute atomic E-state index is 14.9. The molecule has 2 N–H and O–H groups in total. The molecule has 0 aromatic heterocycles. The van der Waals surface area contributed by atoms with Gasteiger partial charge in [0, 0.05) is 11.6 Å². The van der Waals surface area contributed by atoms with Crippen LogP contribution in [0.3, 0.4) is 0 Å². The molecule has 0 bridgehead atoms. The Bertz CT molecular complexity index is 1130. The Balaban J connectivity index is 2.19. The van der Waals surface area contributed by atoms with E-state index in [1.165, 1.54) is 12.3 Å². The van der Waals surface area contributed by atoms with Crippen LogP contribution in [0.4, 0.5) is 10.1 Å². The van der Waals surface area contributed by atoms with E-state index in [-0.39, 0.29) is 5.56 Å². The zero-order valence-corrected chi connectivity index (χ0v) is 15.6. The predicted molar refractivity (Wildman–Crippen MR) is 115 cm³/mol. The van der Waals surface area contributed by atoms with Crippen molar-refractivity contribution in [2.24, 2.45) is 5.73 Å². The normalized spacial score (nSPS) is 11.2. The molecule has 144 valence electrons. The molecule has 3 rings (SSSR count).